The number of nitrogens with two attached hydrogens (primary N) is 1. The van der Waals surface area contributed by atoms with E-state index in [1.807, 2.05) is 4.90 Å². The Morgan fingerprint density at radius 3 is 2.74 bits per heavy atom. The SMILES string of the molecule is CO[C@@H]1CCN(c2cc(C(=N)c3cc(OC(F)(F)F)ccc3N)ccn2)C1. The van der Waals surface area contributed by atoms with E-state index in [0.717, 1.165) is 25.1 Å². The molecule has 9 heteroatoms. The molecule has 1 fully saturated rings. The van der Waals surface area contributed by atoms with Crippen LogP contribution in [0.1, 0.15) is 17.5 Å². The van der Waals surface area contributed by atoms with Crippen LogP contribution in [0.5, 0.6) is 5.75 Å². The molecule has 0 aliphatic carbocycles. The molecule has 1 aliphatic heterocycles. The lowest BCUT2D eigenvalue weighted by molar-refractivity contribution is -0.274. The zero-order chi connectivity index (χ0) is 19.6. The molecule has 3 N–H and O–H groups in total. The molecule has 144 valence electrons. The minimum atomic E-state index is -4.81. The second-order valence-electron chi connectivity index (χ2n) is 6.17. The molecule has 2 aromatic rings. The van der Waals surface area contributed by atoms with Crippen molar-refractivity contribution in [1.29, 1.82) is 5.41 Å². The van der Waals surface area contributed by atoms with E-state index in [2.05, 4.69) is 9.72 Å². The van der Waals surface area contributed by atoms with Gasteiger partial charge in [-0.05, 0) is 36.8 Å². The maximum Gasteiger partial charge on any atom is 0.573 e. The highest BCUT2D eigenvalue weighted by Crippen LogP contribution is 2.28. The highest BCUT2D eigenvalue weighted by atomic mass is 19.4. The van der Waals surface area contributed by atoms with Crippen LogP contribution in [0.2, 0.25) is 0 Å². The van der Waals surface area contributed by atoms with Gasteiger partial charge in [-0.15, -0.1) is 13.2 Å². The van der Waals surface area contributed by atoms with E-state index in [9.17, 15) is 13.2 Å². The third-order valence-corrected chi connectivity index (χ3v) is 4.36. The maximum absolute atomic E-state index is 12.5. The number of hydrogen-bond acceptors (Lipinski definition) is 6. The van der Waals surface area contributed by atoms with Gasteiger partial charge in [0.1, 0.15) is 11.6 Å². The molecular weight excluding hydrogens is 361 g/mol. The average molecular weight is 380 g/mol. The molecule has 1 aromatic heterocycles. The van der Waals surface area contributed by atoms with Gasteiger partial charge >= 0.3 is 6.36 Å². The summed E-state index contributed by atoms with van der Waals surface area (Å²) in [5.74, 6) is 0.256. The summed E-state index contributed by atoms with van der Waals surface area (Å²) in [6.45, 7) is 1.47. The molecule has 0 radical (unpaired) electrons. The molecule has 6 nitrogen and oxygen atoms in total. The first kappa shape index (κ1) is 19.0. The van der Waals surface area contributed by atoms with Crippen LogP contribution < -0.4 is 15.4 Å². The Balaban J connectivity index is 1.86. The van der Waals surface area contributed by atoms with Gasteiger partial charge in [0, 0.05) is 43.2 Å². The Morgan fingerprint density at radius 1 is 1.30 bits per heavy atom. The molecule has 0 amide bonds. The van der Waals surface area contributed by atoms with Crippen molar-refractivity contribution >= 4 is 17.2 Å². The van der Waals surface area contributed by atoms with E-state index in [1.165, 1.54) is 6.07 Å². The van der Waals surface area contributed by atoms with Gasteiger partial charge < -0.3 is 20.1 Å². The smallest absolute Gasteiger partial charge is 0.406 e. The van der Waals surface area contributed by atoms with Gasteiger partial charge in [-0.3, -0.25) is 5.41 Å². The first-order valence-corrected chi connectivity index (χ1v) is 8.25. The van der Waals surface area contributed by atoms with Crippen molar-refractivity contribution in [2.24, 2.45) is 0 Å². The lowest BCUT2D eigenvalue weighted by atomic mass is 10.0. The summed E-state index contributed by atoms with van der Waals surface area (Å²) in [6, 6.07) is 6.86. The first-order chi connectivity index (χ1) is 12.8. The van der Waals surface area contributed by atoms with Crippen molar-refractivity contribution in [3.63, 3.8) is 0 Å². The summed E-state index contributed by atoms with van der Waals surface area (Å²) in [5, 5.41) is 8.39. The fourth-order valence-corrected chi connectivity index (χ4v) is 2.98. The number of aromatic nitrogens is 1. The number of rotatable bonds is 5. The van der Waals surface area contributed by atoms with E-state index < -0.39 is 12.1 Å². The van der Waals surface area contributed by atoms with Crippen LogP contribution in [0.15, 0.2) is 36.5 Å². The maximum atomic E-state index is 12.5. The highest BCUT2D eigenvalue weighted by molar-refractivity contribution is 6.14. The predicted molar refractivity (Wildman–Crippen MR) is 95.3 cm³/mol. The van der Waals surface area contributed by atoms with E-state index >= 15 is 0 Å². The monoisotopic (exact) mass is 380 g/mol. The highest BCUT2D eigenvalue weighted by Gasteiger charge is 2.31. The molecule has 0 bridgehead atoms. The topological polar surface area (TPSA) is 84.5 Å². The van der Waals surface area contributed by atoms with Gasteiger partial charge in [-0.25, -0.2) is 4.98 Å². The Morgan fingerprint density at radius 2 is 2.07 bits per heavy atom. The second kappa shape index (κ2) is 7.43. The van der Waals surface area contributed by atoms with Gasteiger partial charge in [0.25, 0.3) is 0 Å². The van der Waals surface area contributed by atoms with Gasteiger partial charge in [0.15, 0.2) is 0 Å². The van der Waals surface area contributed by atoms with Gasteiger partial charge in [-0.1, -0.05) is 0 Å². The molecule has 27 heavy (non-hydrogen) atoms. The van der Waals surface area contributed by atoms with E-state index in [1.54, 1.807) is 25.4 Å². The summed E-state index contributed by atoms with van der Waals surface area (Å²) in [6.07, 6.45) is -2.25. The fourth-order valence-electron chi connectivity index (χ4n) is 2.98. The predicted octanol–water partition coefficient (Wildman–Crippen LogP) is 3.20. The Bertz CT molecular complexity index is 842. The Kier molecular flexibility index (Phi) is 5.22. The molecule has 1 aliphatic rings. The van der Waals surface area contributed by atoms with Crippen LogP contribution >= 0.6 is 0 Å². The molecular formula is C18H19F3N4O2. The third-order valence-electron chi connectivity index (χ3n) is 4.36. The normalized spacial score (nSPS) is 17.2. The minimum absolute atomic E-state index is 0.00809. The fraction of sp³-hybridized carbons (Fsp3) is 0.333. The van der Waals surface area contributed by atoms with Crippen LogP contribution in [0.3, 0.4) is 0 Å². The number of nitrogen functional groups attached to an aromatic ring is 1. The van der Waals surface area contributed by atoms with Crippen LogP contribution in [0.4, 0.5) is 24.7 Å². The van der Waals surface area contributed by atoms with E-state index in [0.29, 0.717) is 17.9 Å². The van der Waals surface area contributed by atoms with Crippen LogP contribution in [-0.4, -0.2) is 43.4 Å². The minimum Gasteiger partial charge on any atom is -0.406 e. The standard InChI is InChI=1S/C18H19F3N4O2/c1-26-13-5-7-25(10-13)16-8-11(4-6-24-16)17(23)14-9-12(2-3-15(14)22)27-18(19,20)21/h2-4,6,8-9,13,23H,5,7,10,22H2,1H3/t13-/m1/s1. The van der Waals surface area contributed by atoms with Crippen LogP contribution in [0.25, 0.3) is 0 Å². The third kappa shape index (κ3) is 4.48. The number of benzene rings is 1. The summed E-state index contributed by atoms with van der Waals surface area (Å²) >= 11 is 0. The molecule has 1 atom stereocenters. The molecule has 0 spiro atoms. The Labute approximate surface area is 154 Å². The summed E-state index contributed by atoms with van der Waals surface area (Å²) in [5.41, 5.74) is 6.70. The average Bonchev–Trinajstić information content (AvgIpc) is 3.11. The van der Waals surface area contributed by atoms with Gasteiger partial charge in [0.05, 0.1) is 11.8 Å². The number of ether oxygens (including phenoxy) is 2. The zero-order valence-electron chi connectivity index (χ0n) is 14.6. The largest absolute Gasteiger partial charge is 0.573 e. The van der Waals surface area contributed by atoms with Crippen molar-refractivity contribution in [3.8, 4) is 5.75 Å². The molecule has 1 aromatic carbocycles. The van der Waals surface area contributed by atoms with E-state index in [-0.39, 0.29) is 23.1 Å². The lowest BCUT2D eigenvalue weighted by Gasteiger charge is -2.18. The molecule has 0 saturated carbocycles. The number of nitrogens with zero attached hydrogens (tertiary/aromatic N) is 2. The number of anilines is 2. The number of nitrogens with one attached hydrogen (secondary N) is 1. The number of methoxy groups -OCH3 is 1. The number of pyridine rings is 1. The van der Waals surface area contributed by atoms with Crippen molar-refractivity contribution < 1.29 is 22.6 Å². The number of hydrogen-bond donors (Lipinski definition) is 2. The molecule has 0 unspecified atom stereocenters. The molecule has 1 saturated heterocycles. The molecule has 2 heterocycles. The van der Waals surface area contributed by atoms with Crippen molar-refractivity contribution in [3.05, 3.63) is 47.7 Å². The van der Waals surface area contributed by atoms with Gasteiger partial charge in [0.2, 0.25) is 0 Å². The zero-order valence-corrected chi connectivity index (χ0v) is 14.6. The van der Waals surface area contributed by atoms with Crippen LogP contribution in [-0.2, 0) is 4.74 Å². The number of alkyl halides is 3. The quantitative estimate of drug-likeness (QED) is 0.615. The lowest BCUT2D eigenvalue weighted by Crippen LogP contribution is -2.23. The second-order valence-corrected chi connectivity index (χ2v) is 6.17. The Hall–Kier alpha value is -2.81. The summed E-state index contributed by atoms with van der Waals surface area (Å²) < 4.78 is 46.6. The summed E-state index contributed by atoms with van der Waals surface area (Å²) in [7, 11) is 1.66. The van der Waals surface area contributed by atoms with Gasteiger partial charge in [-0.2, -0.15) is 0 Å². The first-order valence-electron chi connectivity index (χ1n) is 8.25. The van der Waals surface area contributed by atoms with Crippen molar-refractivity contribution in [2.75, 3.05) is 30.8 Å². The van der Waals surface area contributed by atoms with Crippen molar-refractivity contribution in [1.82, 2.24) is 4.98 Å². The van der Waals surface area contributed by atoms with Crippen LogP contribution in [0, 0.1) is 5.41 Å². The van der Waals surface area contributed by atoms with E-state index in [4.69, 9.17) is 15.9 Å². The number of halogens is 3. The van der Waals surface area contributed by atoms with Crippen molar-refractivity contribution in [2.45, 2.75) is 18.9 Å². The summed E-state index contributed by atoms with van der Waals surface area (Å²) in [4.78, 5) is 6.36. The molecule has 3 rings (SSSR count).